The van der Waals surface area contributed by atoms with Gasteiger partial charge in [-0.3, -0.25) is 4.98 Å². The summed E-state index contributed by atoms with van der Waals surface area (Å²) in [6.45, 7) is 0. The summed E-state index contributed by atoms with van der Waals surface area (Å²) < 4.78 is 27.7. The van der Waals surface area contributed by atoms with Gasteiger partial charge in [0, 0.05) is 10.7 Å². The van der Waals surface area contributed by atoms with E-state index in [4.69, 9.17) is 5.26 Å². The standard InChI is InChI=1S/C12H6BrF2N3/c13-8-3-9(6-17-5-8)18-10-2-1-7(4-16)11(14)12(10)15/h1-3,5-6,18H. The van der Waals surface area contributed by atoms with Crippen molar-refractivity contribution in [3.8, 4) is 6.07 Å². The van der Waals surface area contributed by atoms with Gasteiger partial charge >= 0.3 is 0 Å². The lowest BCUT2D eigenvalue weighted by Gasteiger charge is -2.08. The first kappa shape index (κ1) is 12.5. The zero-order valence-corrected chi connectivity index (χ0v) is 10.5. The van der Waals surface area contributed by atoms with E-state index < -0.39 is 11.6 Å². The number of nitrogens with one attached hydrogen (secondary N) is 1. The Morgan fingerprint density at radius 2 is 2.00 bits per heavy atom. The fraction of sp³-hybridized carbons (Fsp3) is 0. The average Bonchev–Trinajstić information content (AvgIpc) is 2.35. The second kappa shape index (κ2) is 5.10. The molecule has 1 heterocycles. The Morgan fingerprint density at radius 1 is 1.22 bits per heavy atom. The summed E-state index contributed by atoms with van der Waals surface area (Å²) in [4.78, 5) is 3.89. The normalized spacial score (nSPS) is 9.89. The van der Waals surface area contributed by atoms with E-state index in [1.165, 1.54) is 18.3 Å². The number of halogens is 3. The fourth-order valence-electron chi connectivity index (χ4n) is 1.37. The van der Waals surface area contributed by atoms with Crippen molar-refractivity contribution in [1.29, 1.82) is 5.26 Å². The van der Waals surface area contributed by atoms with Crippen molar-refractivity contribution in [1.82, 2.24) is 4.98 Å². The molecule has 1 aromatic carbocycles. The third-order valence-corrected chi connectivity index (χ3v) is 2.62. The second-order valence-electron chi connectivity index (χ2n) is 3.42. The van der Waals surface area contributed by atoms with Crippen LogP contribution < -0.4 is 5.32 Å². The zero-order valence-electron chi connectivity index (χ0n) is 8.92. The predicted octanol–water partition coefficient (Wildman–Crippen LogP) is 3.74. The Bertz CT molecular complexity index is 638. The van der Waals surface area contributed by atoms with Gasteiger partial charge in [0.2, 0.25) is 0 Å². The van der Waals surface area contributed by atoms with Gasteiger partial charge in [0.25, 0.3) is 0 Å². The molecule has 3 nitrogen and oxygen atoms in total. The van der Waals surface area contributed by atoms with Crippen LogP contribution in [0.15, 0.2) is 35.1 Å². The van der Waals surface area contributed by atoms with Gasteiger partial charge < -0.3 is 5.32 Å². The van der Waals surface area contributed by atoms with Gasteiger partial charge in [-0.2, -0.15) is 5.26 Å². The first-order valence-electron chi connectivity index (χ1n) is 4.87. The van der Waals surface area contributed by atoms with Crippen molar-refractivity contribution < 1.29 is 8.78 Å². The smallest absolute Gasteiger partial charge is 0.183 e. The van der Waals surface area contributed by atoms with Crippen molar-refractivity contribution in [3.05, 3.63) is 52.3 Å². The van der Waals surface area contributed by atoms with Crippen molar-refractivity contribution in [3.63, 3.8) is 0 Å². The van der Waals surface area contributed by atoms with Crippen LogP contribution in [0, 0.1) is 23.0 Å². The Balaban J connectivity index is 2.36. The van der Waals surface area contributed by atoms with Gasteiger partial charge in [0.05, 0.1) is 23.1 Å². The van der Waals surface area contributed by atoms with Crippen molar-refractivity contribution in [2.75, 3.05) is 5.32 Å². The molecule has 2 aromatic rings. The molecule has 0 atom stereocenters. The molecule has 0 saturated carbocycles. The average molecular weight is 310 g/mol. The Morgan fingerprint density at radius 3 is 2.67 bits per heavy atom. The molecule has 0 fully saturated rings. The van der Waals surface area contributed by atoms with Crippen LogP contribution >= 0.6 is 15.9 Å². The van der Waals surface area contributed by atoms with E-state index in [9.17, 15) is 8.78 Å². The molecular formula is C12H6BrF2N3. The summed E-state index contributed by atoms with van der Waals surface area (Å²) in [7, 11) is 0. The first-order chi connectivity index (χ1) is 8.61. The van der Waals surface area contributed by atoms with Gasteiger partial charge in [0.15, 0.2) is 11.6 Å². The van der Waals surface area contributed by atoms with Gasteiger partial charge in [0.1, 0.15) is 6.07 Å². The Hall–Kier alpha value is -2.00. The van der Waals surface area contributed by atoms with Crippen LogP contribution in [-0.2, 0) is 0 Å². The second-order valence-corrected chi connectivity index (χ2v) is 4.33. The van der Waals surface area contributed by atoms with Gasteiger partial charge in [-0.15, -0.1) is 0 Å². The van der Waals surface area contributed by atoms with E-state index in [0.29, 0.717) is 10.2 Å². The molecule has 0 aliphatic carbocycles. The summed E-state index contributed by atoms with van der Waals surface area (Å²) in [5.74, 6) is -2.25. The van der Waals surface area contributed by atoms with E-state index in [-0.39, 0.29) is 11.3 Å². The number of aromatic nitrogens is 1. The van der Waals surface area contributed by atoms with Crippen LogP contribution in [0.4, 0.5) is 20.2 Å². The number of nitrogens with zero attached hydrogens (tertiary/aromatic N) is 2. The number of hydrogen-bond acceptors (Lipinski definition) is 3. The lowest BCUT2D eigenvalue weighted by atomic mass is 10.2. The van der Waals surface area contributed by atoms with Crippen LogP contribution in [0.3, 0.4) is 0 Å². The monoisotopic (exact) mass is 309 g/mol. The quantitative estimate of drug-likeness (QED) is 0.919. The minimum absolute atomic E-state index is 0.0496. The molecule has 0 bridgehead atoms. The molecule has 0 saturated heterocycles. The third-order valence-electron chi connectivity index (χ3n) is 2.19. The molecule has 1 aromatic heterocycles. The van der Waals surface area contributed by atoms with E-state index >= 15 is 0 Å². The predicted molar refractivity (Wildman–Crippen MR) is 66.3 cm³/mol. The number of hydrogen-bond donors (Lipinski definition) is 1. The maximum atomic E-state index is 13.6. The summed E-state index contributed by atoms with van der Waals surface area (Å²) >= 11 is 3.22. The molecule has 18 heavy (non-hydrogen) atoms. The number of benzene rings is 1. The molecule has 0 unspecified atom stereocenters. The summed E-state index contributed by atoms with van der Waals surface area (Å²) in [6.07, 6.45) is 3.04. The van der Waals surface area contributed by atoms with Crippen molar-refractivity contribution in [2.45, 2.75) is 0 Å². The molecule has 0 aliphatic rings. The number of rotatable bonds is 2. The first-order valence-corrected chi connectivity index (χ1v) is 5.67. The molecule has 6 heteroatoms. The van der Waals surface area contributed by atoms with E-state index in [0.717, 1.165) is 0 Å². The van der Waals surface area contributed by atoms with E-state index in [2.05, 4.69) is 26.2 Å². The minimum Gasteiger partial charge on any atom is -0.352 e. The van der Waals surface area contributed by atoms with Gasteiger partial charge in [-0.05, 0) is 34.1 Å². The lowest BCUT2D eigenvalue weighted by molar-refractivity contribution is 0.509. The summed E-state index contributed by atoms with van der Waals surface area (Å²) in [5, 5.41) is 11.3. The number of pyridine rings is 1. The highest BCUT2D eigenvalue weighted by molar-refractivity contribution is 9.10. The topological polar surface area (TPSA) is 48.7 Å². The molecular weight excluding hydrogens is 304 g/mol. The Kier molecular flexibility index (Phi) is 3.53. The minimum atomic E-state index is -1.16. The highest BCUT2D eigenvalue weighted by Gasteiger charge is 2.13. The Labute approximate surface area is 110 Å². The number of anilines is 2. The molecule has 2 rings (SSSR count). The lowest BCUT2D eigenvalue weighted by Crippen LogP contribution is -1.98. The maximum Gasteiger partial charge on any atom is 0.183 e. The molecule has 0 radical (unpaired) electrons. The fourth-order valence-corrected chi connectivity index (χ4v) is 1.73. The molecule has 0 amide bonds. The highest BCUT2D eigenvalue weighted by atomic mass is 79.9. The molecule has 0 aliphatic heterocycles. The molecule has 1 N–H and O–H groups in total. The maximum absolute atomic E-state index is 13.6. The SMILES string of the molecule is N#Cc1ccc(Nc2cncc(Br)c2)c(F)c1F. The zero-order chi connectivity index (χ0) is 13.1. The highest BCUT2D eigenvalue weighted by Crippen LogP contribution is 2.24. The van der Waals surface area contributed by atoms with E-state index in [1.54, 1.807) is 18.3 Å². The molecule has 0 spiro atoms. The van der Waals surface area contributed by atoms with Crippen LogP contribution in [0.5, 0.6) is 0 Å². The number of nitriles is 1. The van der Waals surface area contributed by atoms with Crippen molar-refractivity contribution in [2.24, 2.45) is 0 Å². The van der Waals surface area contributed by atoms with E-state index in [1.807, 2.05) is 0 Å². The molecule has 90 valence electrons. The summed E-state index contributed by atoms with van der Waals surface area (Å²) in [6, 6.07) is 5.76. The summed E-state index contributed by atoms with van der Waals surface area (Å²) in [5.41, 5.74) is 0.129. The van der Waals surface area contributed by atoms with Crippen LogP contribution in [-0.4, -0.2) is 4.98 Å². The largest absolute Gasteiger partial charge is 0.352 e. The van der Waals surface area contributed by atoms with Crippen LogP contribution in [0.2, 0.25) is 0 Å². The van der Waals surface area contributed by atoms with Crippen LogP contribution in [0.1, 0.15) is 5.56 Å². The van der Waals surface area contributed by atoms with Gasteiger partial charge in [-0.1, -0.05) is 0 Å². The van der Waals surface area contributed by atoms with Gasteiger partial charge in [-0.25, -0.2) is 8.78 Å². The third kappa shape index (κ3) is 2.46. The van der Waals surface area contributed by atoms with Crippen LogP contribution in [0.25, 0.3) is 0 Å². The van der Waals surface area contributed by atoms with Crippen molar-refractivity contribution >= 4 is 27.3 Å².